The molecule has 0 amide bonds. The average molecular weight is 201 g/mol. The van der Waals surface area contributed by atoms with Crippen LogP contribution in [0, 0.1) is 5.95 Å². The Morgan fingerprint density at radius 3 is 3.00 bits per heavy atom. The van der Waals surface area contributed by atoms with E-state index in [0.29, 0.717) is 5.88 Å². The molecule has 0 unspecified atom stereocenters. The molecular formula is C9H10ClFN2. The van der Waals surface area contributed by atoms with E-state index >= 15 is 0 Å². The first-order chi connectivity index (χ1) is 6.24. The van der Waals surface area contributed by atoms with Crippen LogP contribution in [0.4, 0.5) is 10.1 Å². The molecule has 0 bridgehead atoms. The van der Waals surface area contributed by atoms with Gasteiger partial charge in [0, 0.05) is 12.1 Å². The molecule has 1 aromatic rings. The number of hydrogen-bond donors (Lipinski definition) is 1. The van der Waals surface area contributed by atoms with Crippen LogP contribution in [0.25, 0.3) is 6.08 Å². The van der Waals surface area contributed by atoms with Crippen LogP contribution in [0.2, 0.25) is 0 Å². The van der Waals surface area contributed by atoms with E-state index in [9.17, 15) is 4.39 Å². The fraction of sp³-hybridized carbons (Fsp3) is 0.222. The molecule has 1 aromatic heterocycles. The summed E-state index contributed by atoms with van der Waals surface area (Å²) in [6.45, 7) is 0. The normalized spacial score (nSPS) is 10.9. The van der Waals surface area contributed by atoms with Crippen LogP contribution < -0.4 is 5.73 Å². The Balaban J connectivity index is 2.73. The quantitative estimate of drug-likeness (QED) is 0.601. The van der Waals surface area contributed by atoms with Gasteiger partial charge in [-0.3, -0.25) is 0 Å². The minimum Gasteiger partial charge on any atom is -0.395 e. The Bertz CT molecular complexity index is 312. The van der Waals surface area contributed by atoms with Crippen molar-refractivity contribution >= 4 is 23.4 Å². The van der Waals surface area contributed by atoms with Crippen molar-refractivity contribution in [3.63, 3.8) is 0 Å². The van der Waals surface area contributed by atoms with Crippen molar-refractivity contribution in [1.82, 2.24) is 4.98 Å². The van der Waals surface area contributed by atoms with E-state index in [1.165, 1.54) is 12.3 Å². The summed E-state index contributed by atoms with van der Waals surface area (Å²) in [6.07, 6.45) is 5.90. The van der Waals surface area contributed by atoms with E-state index in [1.807, 2.05) is 12.2 Å². The Morgan fingerprint density at radius 1 is 1.62 bits per heavy atom. The van der Waals surface area contributed by atoms with Crippen LogP contribution in [-0.4, -0.2) is 10.9 Å². The molecule has 0 saturated carbocycles. The number of allylic oxidation sites excluding steroid dienone is 1. The SMILES string of the molecule is Nc1cc(C=CCCCl)cnc1F. The number of nitrogens with two attached hydrogens (primary N) is 1. The van der Waals surface area contributed by atoms with Crippen LogP contribution in [-0.2, 0) is 0 Å². The van der Waals surface area contributed by atoms with E-state index in [-0.39, 0.29) is 5.69 Å². The molecule has 0 aromatic carbocycles. The second-order valence-electron chi connectivity index (χ2n) is 2.53. The van der Waals surface area contributed by atoms with Gasteiger partial charge < -0.3 is 5.73 Å². The molecule has 0 aliphatic heterocycles. The van der Waals surface area contributed by atoms with Crippen molar-refractivity contribution in [3.05, 3.63) is 29.9 Å². The van der Waals surface area contributed by atoms with E-state index in [4.69, 9.17) is 17.3 Å². The smallest absolute Gasteiger partial charge is 0.236 e. The Hall–Kier alpha value is -1.09. The molecule has 0 radical (unpaired) electrons. The fourth-order valence-corrected chi connectivity index (χ4v) is 0.982. The first kappa shape index (κ1) is 9.99. The predicted octanol–water partition coefficient (Wildman–Crippen LogP) is 2.45. The van der Waals surface area contributed by atoms with E-state index in [2.05, 4.69) is 4.98 Å². The monoisotopic (exact) mass is 200 g/mol. The number of nitrogens with zero attached hydrogens (tertiary/aromatic N) is 1. The molecule has 0 atom stereocenters. The van der Waals surface area contributed by atoms with Crippen LogP contribution in [0.3, 0.4) is 0 Å². The van der Waals surface area contributed by atoms with Crippen molar-refractivity contribution in [2.24, 2.45) is 0 Å². The number of pyridine rings is 1. The maximum absolute atomic E-state index is 12.6. The number of anilines is 1. The molecule has 13 heavy (non-hydrogen) atoms. The lowest BCUT2D eigenvalue weighted by atomic mass is 10.2. The van der Waals surface area contributed by atoms with E-state index < -0.39 is 5.95 Å². The third-order valence-electron chi connectivity index (χ3n) is 1.47. The standard InChI is InChI=1S/C9H10ClFN2/c10-4-2-1-3-7-5-8(12)9(11)13-6-7/h1,3,5-6H,2,4,12H2. The fourth-order valence-electron chi connectivity index (χ4n) is 0.856. The van der Waals surface area contributed by atoms with Crippen molar-refractivity contribution in [1.29, 1.82) is 0 Å². The highest BCUT2D eigenvalue weighted by atomic mass is 35.5. The zero-order chi connectivity index (χ0) is 9.68. The molecule has 2 N–H and O–H groups in total. The lowest BCUT2D eigenvalue weighted by Crippen LogP contribution is -1.93. The van der Waals surface area contributed by atoms with Crippen LogP contribution in [0.15, 0.2) is 18.3 Å². The molecule has 0 saturated heterocycles. The summed E-state index contributed by atoms with van der Waals surface area (Å²) in [7, 11) is 0. The Kier molecular flexibility index (Phi) is 3.71. The summed E-state index contributed by atoms with van der Waals surface area (Å²) in [6, 6.07) is 1.53. The van der Waals surface area contributed by atoms with Gasteiger partial charge in [0.25, 0.3) is 0 Å². The minimum atomic E-state index is -0.630. The molecule has 2 nitrogen and oxygen atoms in total. The maximum atomic E-state index is 12.6. The minimum absolute atomic E-state index is 0.0630. The third-order valence-corrected chi connectivity index (χ3v) is 1.69. The van der Waals surface area contributed by atoms with Gasteiger partial charge in [-0.1, -0.05) is 12.2 Å². The summed E-state index contributed by atoms with van der Waals surface area (Å²) in [5.41, 5.74) is 6.17. The molecule has 0 spiro atoms. The highest BCUT2D eigenvalue weighted by molar-refractivity contribution is 6.17. The van der Waals surface area contributed by atoms with Gasteiger partial charge in [-0.25, -0.2) is 4.98 Å². The topological polar surface area (TPSA) is 38.9 Å². The summed E-state index contributed by atoms with van der Waals surface area (Å²) >= 11 is 5.47. The van der Waals surface area contributed by atoms with Gasteiger partial charge in [0.15, 0.2) is 0 Å². The van der Waals surface area contributed by atoms with Crippen molar-refractivity contribution in [2.75, 3.05) is 11.6 Å². The summed E-state index contributed by atoms with van der Waals surface area (Å²) < 4.78 is 12.6. The van der Waals surface area contributed by atoms with Gasteiger partial charge in [-0.2, -0.15) is 4.39 Å². The third kappa shape index (κ3) is 3.03. The number of halogens is 2. The Morgan fingerprint density at radius 2 is 2.38 bits per heavy atom. The number of rotatable bonds is 3. The van der Waals surface area contributed by atoms with Gasteiger partial charge in [-0.15, -0.1) is 11.6 Å². The van der Waals surface area contributed by atoms with E-state index in [1.54, 1.807) is 0 Å². The van der Waals surface area contributed by atoms with Crippen molar-refractivity contribution in [2.45, 2.75) is 6.42 Å². The Labute approximate surface area is 81.2 Å². The molecule has 0 fully saturated rings. The zero-order valence-corrected chi connectivity index (χ0v) is 7.76. The predicted molar refractivity (Wildman–Crippen MR) is 53.0 cm³/mol. The van der Waals surface area contributed by atoms with Crippen molar-refractivity contribution < 1.29 is 4.39 Å². The first-order valence-electron chi connectivity index (χ1n) is 3.87. The second kappa shape index (κ2) is 4.82. The van der Waals surface area contributed by atoms with E-state index in [0.717, 1.165) is 12.0 Å². The largest absolute Gasteiger partial charge is 0.395 e. The average Bonchev–Trinajstić information content (AvgIpc) is 2.12. The van der Waals surface area contributed by atoms with Crippen LogP contribution in [0.1, 0.15) is 12.0 Å². The first-order valence-corrected chi connectivity index (χ1v) is 4.41. The molecular weight excluding hydrogens is 191 g/mol. The summed E-state index contributed by atoms with van der Waals surface area (Å²) in [5.74, 6) is -0.0601. The highest BCUT2D eigenvalue weighted by Gasteiger charge is 1.97. The molecule has 0 aliphatic rings. The highest BCUT2D eigenvalue weighted by Crippen LogP contribution is 2.10. The molecule has 4 heteroatoms. The van der Waals surface area contributed by atoms with Crippen LogP contribution >= 0.6 is 11.6 Å². The van der Waals surface area contributed by atoms with Gasteiger partial charge in [0.2, 0.25) is 5.95 Å². The van der Waals surface area contributed by atoms with Gasteiger partial charge in [0.1, 0.15) is 0 Å². The zero-order valence-electron chi connectivity index (χ0n) is 7.00. The van der Waals surface area contributed by atoms with Gasteiger partial charge >= 0.3 is 0 Å². The number of alkyl halides is 1. The maximum Gasteiger partial charge on any atom is 0.236 e. The van der Waals surface area contributed by atoms with Crippen molar-refractivity contribution in [3.8, 4) is 0 Å². The lowest BCUT2D eigenvalue weighted by Gasteiger charge is -1.96. The molecule has 1 heterocycles. The van der Waals surface area contributed by atoms with Gasteiger partial charge in [-0.05, 0) is 18.1 Å². The van der Waals surface area contributed by atoms with Gasteiger partial charge in [0.05, 0.1) is 5.69 Å². The molecule has 0 aliphatic carbocycles. The lowest BCUT2D eigenvalue weighted by molar-refractivity contribution is 0.588. The van der Waals surface area contributed by atoms with Crippen LogP contribution in [0.5, 0.6) is 0 Å². The molecule has 1 rings (SSSR count). The summed E-state index contributed by atoms with van der Waals surface area (Å²) in [5, 5.41) is 0. The molecule has 70 valence electrons. The number of hydrogen-bond acceptors (Lipinski definition) is 2. The summed E-state index contributed by atoms with van der Waals surface area (Å²) in [4.78, 5) is 3.48. The number of aromatic nitrogens is 1. The number of nitrogen functional groups attached to an aromatic ring is 1. The second-order valence-corrected chi connectivity index (χ2v) is 2.91.